The number of piperidine rings is 1. The van der Waals surface area contributed by atoms with Crippen molar-refractivity contribution in [3.8, 4) is 0 Å². The Labute approximate surface area is 180 Å². The quantitative estimate of drug-likeness (QED) is 0.638. The zero-order valence-corrected chi connectivity index (χ0v) is 18.8. The van der Waals surface area contributed by atoms with Gasteiger partial charge in [0.2, 0.25) is 5.91 Å². The monoisotopic (exact) mass is 416 g/mol. The van der Waals surface area contributed by atoms with E-state index in [0.29, 0.717) is 37.4 Å². The predicted octanol–water partition coefficient (Wildman–Crippen LogP) is 2.78. The number of nitrogens with zero attached hydrogens (tertiary/aromatic N) is 1. The highest BCUT2D eigenvalue weighted by atomic mass is 16.2. The van der Waals surface area contributed by atoms with Crippen molar-refractivity contribution in [3.05, 3.63) is 35.9 Å². The third-order valence-electron chi connectivity index (χ3n) is 5.69. The molecule has 4 amide bonds. The highest BCUT2D eigenvalue weighted by Gasteiger charge is 2.34. The van der Waals surface area contributed by atoms with Crippen LogP contribution >= 0.6 is 0 Å². The number of rotatable bonds is 7. The molecule has 0 saturated carbocycles. The molecule has 1 saturated heterocycles. The summed E-state index contributed by atoms with van der Waals surface area (Å²) < 4.78 is 0. The second-order valence-electron chi connectivity index (χ2n) is 8.79. The van der Waals surface area contributed by atoms with Crippen LogP contribution in [-0.4, -0.2) is 54.0 Å². The van der Waals surface area contributed by atoms with Crippen molar-refractivity contribution >= 4 is 17.8 Å². The third-order valence-corrected chi connectivity index (χ3v) is 5.69. The molecule has 1 fully saturated rings. The fraction of sp³-hybridized carbons (Fsp3) is 0.609. The largest absolute Gasteiger partial charge is 0.352 e. The van der Waals surface area contributed by atoms with E-state index in [4.69, 9.17) is 0 Å². The summed E-state index contributed by atoms with van der Waals surface area (Å²) in [6.07, 6.45) is 1.32. The Morgan fingerprint density at radius 3 is 2.03 bits per heavy atom. The van der Waals surface area contributed by atoms with Crippen molar-refractivity contribution in [3.63, 3.8) is 0 Å². The smallest absolute Gasteiger partial charge is 0.317 e. The first-order valence-electron chi connectivity index (χ1n) is 10.9. The van der Waals surface area contributed by atoms with Gasteiger partial charge in [-0.2, -0.15) is 0 Å². The molecule has 0 radical (unpaired) electrons. The summed E-state index contributed by atoms with van der Waals surface area (Å²) in [6.45, 7) is 11.1. The average Bonchev–Trinajstić information content (AvgIpc) is 2.71. The predicted molar refractivity (Wildman–Crippen MR) is 118 cm³/mol. The summed E-state index contributed by atoms with van der Waals surface area (Å²) in [4.78, 5) is 39.9. The average molecular weight is 417 g/mol. The topological polar surface area (TPSA) is 90.5 Å². The number of hydrogen-bond acceptors (Lipinski definition) is 3. The molecule has 2 rings (SSSR count). The van der Waals surface area contributed by atoms with E-state index in [2.05, 4.69) is 16.0 Å². The number of hydrogen-bond donors (Lipinski definition) is 3. The first kappa shape index (κ1) is 23.7. The summed E-state index contributed by atoms with van der Waals surface area (Å²) >= 11 is 0. The molecule has 166 valence electrons. The van der Waals surface area contributed by atoms with Crippen LogP contribution in [0.25, 0.3) is 0 Å². The second kappa shape index (κ2) is 11.0. The minimum atomic E-state index is -0.630. The minimum absolute atomic E-state index is 0.00513. The number of carbonyl (C=O) groups is 3. The van der Waals surface area contributed by atoms with Crippen LogP contribution in [0.15, 0.2) is 30.3 Å². The van der Waals surface area contributed by atoms with Gasteiger partial charge in [-0.05, 0) is 57.6 Å². The molecule has 0 aliphatic carbocycles. The van der Waals surface area contributed by atoms with Crippen LogP contribution in [0, 0.1) is 11.8 Å². The zero-order chi connectivity index (χ0) is 22.3. The van der Waals surface area contributed by atoms with Crippen LogP contribution in [0.2, 0.25) is 0 Å². The van der Waals surface area contributed by atoms with Crippen molar-refractivity contribution in [2.75, 3.05) is 13.1 Å². The Hall–Kier alpha value is -2.57. The van der Waals surface area contributed by atoms with Gasteiger partial charge >= 0.3 is 6.03 Å². The maximum atomic E-state index is 13.1. The molecule has 0 aromatic heterocycles. The highest BCUT2D eigenvalue weighted by Crippen LogP contribution is 2.22. The Bertz CT molecular complexity index is 712. The molecule has 0 spiro atoms. The zero-order valence-electron chi connectivity index (χ0n) is 18.8. The summed E-state index contributed by atoms with van der Waals surface area (Å²) in [6, 6.07) is 8.30. The molecule has 3 N–H and O–H groups in total. The first-order chi connectivity index (χ1) is 14.2. The standard InChI is InChI=1S/C23H36N4O3/c1-15(2)17(5)25-22(29)20(26-21(28)19-9-7-6-8-10-19)18-11-13-27(14-12-18)23(30)24-16(3)4/h6-10,15-18,20H,11-14H2,1-5H3,(H,24,30)(H,25,29)(H,26,28)/t17-,20+/m0/s1. The molecule has 7 heteroatoms. The molecule has 1 heterocycles. The minimum Gasteiger partial charge on any atom is -0.352 e. The van der Waals surface area contributed by atoms with Gasteiger partial charge in [-0.25, -0.2) is 4.79 Å². The van der Waals surface area contributed by atoms with E-state index in [-0.39, 0.29) is 35.8 Å². The number of carbonyl (C=O) groups excluding carboxylic acids is 3. The van der Waals surface area contributed by atoms with E-state index < -0.39 is 6.04 Å². The lowest BCUT2D eigenvalue weighted by Crippen LogP contribution is -2.56. The molecule has 1 aromatic rings. The van der Waals surface area contributed by atoms with Gasteiger partial charge in [-0.1, -0.05) is 32.0 Å². The van der Waals surface area contributed by atoms with Gasteiger partial charge < -0.3 is 20.9 Å². The van der Waals surface area contributed by atoms with E-state index in [1.54, 1.807) is 29.2 Å². The Balaban J connectivity index is 2.08. The molecular weight excluding hydrogens is 380 g/mol. The molecule has 0 bridgehead atoms. The lowest BCUT2D eigenvalue weighted by molar-refractivity contribution is -0.125. The number of urea groups is 1. The van der Waals surface area contributed by atoms with Crippen LogP contribution in [0.4, 0.5) is 4.79 Å². The lowest BCUT2D eigenvalue weighted by Gasteiger charge is -2.36. The molecule has 2 atom stereocenters. The van der Waals surface area contributed by atoms with Gasteiger partial charge in [0.25, 0.3) is 5.91 Å². The van der Waals surface area contributed by atoms with Crippen LogP contribution in [0.3, 0.4) is 0 Å². The Kier molecular flexibility index (Phi) is 8.69. The summed E-state index contributed by atoms with van der Waals surface area (Å²) in [5.41, 5.74) is 0.529. The molecule has 0 unspecified atom stereocenters. The molecule has 1 aliphatic heterocycles. The Morgan fingerprint density at radius 2 is 1.50 bits per heavy atom. The van der Waals surface area contributed by atoms with Crippen molar-refractivity contribution in [1.82, 2.24) is 20.9 Å². The van der Waals surface area contributed by atoms with Crippen molar-refractivity contribution < 1.29 is 14.4 Å². The number of amides is 4. The van der Waals surface area contributed by atoms with E-state index in [1.165, 1.54) is 0 Å². The van der Waals surface area contributed by atoms with Gasteiger partial charge in [0.15, 0.2) is 0 Å². The van der Waals surface area contributed by atoms with Crippen molar-refractivity contribution in [1.29, 1.82) is 0 Å². The number of nitrogens with one attached hydrogen (secondary N) is 3. The summed E-state index contributed by atoms with van der Waals surface area (Å²) in [5, 5.41) is 8.91. The number of benzene rings is 1. The molecule has 1 aromatic carbocycles. The van der Waals surface area contributed by atoms with Crippen molar-refractivity contribution in [2.45, 2.75) is 65.6 Å². The summed E-state index contributed by atoms with van der Waals surface area (Å²) in [5.74, 6) is -0.153. The van der Waals surface area contributed by atoms with Crippen molar-refractivity contribution in [2.24, 2.45) is 11.8 Å². The van der Waals surface area contributed by atoms with Crippen LogP contribution in [0.1, 0.15) is 57.8 Å². The van der Waals surface area contributed by atoms with Crippen LogP contribution in [-0.2, 0) is 4.79 Å². The highest BCUT2D eigenvalue weighted by molar-refractivity contribution is 5.97. The SMILES string of the molecule is CC(C)NC(=O)N1CCC([C@@H](NC(=O)c2ccccc2)C(=O)N[C@@H](C)C(C)C)CC1. The maximum Gasteiger partial charge on any atom is 0.317 e. The lowest BCUT2D eigenvalue weighted by atomic mass is 9.88. The normalized spacial score (nSPS) is 16.8. The van der Waals surface area contributed by atoms with Gasteiger partial charge in [-0.3, -0.25) is 9.59 Å². The van der Waals surface area contributed by atoms with Gasteiger partial charge in [0.05, 0.1) is 0 Å². The number of likely N-dealkylation sites (tertiary alicyclic amines) is 1. The van der Waals surface area contributed by atoms with Gasteiger partial charge in [0.1, 0.15) is 6.04 Å². The fourth-order valence-electron chi connectivity index (χ4n) is 3.47. The molecule has 7 nitrogen and oxygen atoms in total. The first-order valence-corrected chi connectivity index (χ1v) is 10.9. The maximum absolute atomic E-state index is 13.1. The Morgan fingerprint density at radius 1 is 0.900 bits per heavy atom. The van der Waals surface area contributed by atoms with E-state index >= 15 is 0 Å². The van der Waals surface area contributed by atoms with E-state index in [9.17, 15) is 14.4 Å². The molecule has 1 aliphatic rings. The van der Waals surface area contributed by atoms with Gasteiger partial charge in [0, 0.05) is 30.7 Å². The molecular formula is C23H36N4O3. The van der Waals surface area contributed by atoms with Gasteiger partial charge in [-0.15, -0.1) is 0 Å². The van der Waals surface area contributed by atoms with Crippen LogP contribution < -0.4 is 16.0 Å². The van der Waals surface area contributed by atoms with Crippen LogP contribution in [0.5, 0.6) is 0 Å². The third kappa shape index (κ3) is 6.75. The van der Waals surface area contributed by atoms with E-state index in [1.807, 2.05) is 40.7 Å². The molecule has 30 heavy (non-hydrogen) atoms. The fourth-order valence-corrected chi connectivity index (χ4v) is 3.47. The second-order valence-corrected chi connectivity index (χ2v) is 8.79. The summed E-state index contributed by atoms with van der Waals surface area (Å²) in [7, 11) is 0. The van der Waals surface area contributed by atoms with E-state index in [0.717, 1.165) is 0 Å².